The number of aromatic nitrogens is 1. The highest BCUT2D eigenvalue weighted by atomic mass is 35.5. The summed E-state index contributed by atoms with van der Waals surface area (Å²) < 4.78 is 0. The van der Waals surface area contributed by atoms with Gasteiger partial charge in [-0.1, -0.05) is 115 Å². The molecular weight excluding hydrogens is 458 g/mol. The Morgan fingerprint density at radius 1 is 0.556 bits per heavy atom. The molecule has 1 aromatic heterocycles. The Hall–Kier alpha value is -4.20. The molecule has 0 aliphatic heterocycles. The molecule has 1 heterocycles. The van der Waals surface area contributed by atoms with Crippen molar-refractivity contribution in [2.75, 3.05) is 0 Å². The van der Waals surface area contributed by atoms with Crippen molar-refractivity contribution in [2.45, 2.75) is 5.41 Å². The Bertz CT molecular complexity index is 1850. The van der Waals surface area contributed by atoms with E-state index in [-0.39, 0.29) is 0 Å². The molecule has 1 unspecified atom stereocenters. The minimum Gasteiger partial charge on any atom is -0.247 e. The first-order valence-corrected chi connectivity index (χ1v) is 12.6. The second-order valence-electron chi connectivity index (χ2n) is 9.62. The Morgan fingerprint density at radius 3 is 2.03 bits per heavy atom. The molecule has 0 bridgehead atoms. The second kappa shape index (κ2) is 7.16. The predicted molar refractivity (Wildman–Crippen MR) is 148 cm³/mol. The number of fused-ring (bicyclic) bond motifs is 12. The lowest BCUT2D eigenvalue weighted by Gasteiger charge is -2.31. The molecule has 2 aliphatic rings. The maximum atomic E-state index is 6.72. The van der Waals surface area contributed by atoms with Gasteiger partial charge in [-0.3, -0.25) is 0 Å². The number of halogens is 1. The van der Waals surface area contributed by atoms with Gasteiger partial charge in [0.25, 0.3) is 0 Å². The predicted octanol–water partition coefficient (Wildman–Crippen LogP) is 8.90. The van der Waals surface area contributed by atoms with Gasteiger partial charge in [0.1, 0.15) is 0 Å². The molecule has 8 rings (SSSR count). The van der Waals surface area contributed by atoms with Gasteiger partial charge in [0.05, 0.1) is 16.6 Å². The van der Waals surface area contributed by atoms with Gasteiger partial charge < -0.3 is 0 Å². The Kier molecular flexibility index (Phi) is 3.99. The van der Waals surface area contributed by atoms with Crippen LogP contribution in [-0.4, -0.2) is 4.98 Å². The van der Waals surface area contributed by atoms with Crippen LogP contribution >= 0.6 is 11.6 Å². The molecule has 0 radical (unpaired) electrons. The highest BCUT2D eigenvalue weighted by molar-refractivity contribution is 6.31. The fraction of sp³-hybridized carbons (Fsp3) is 0.0294. The fourth-order valence-corrected chi connectivity index (χ4v) is 6.81. The number of para-hydroxylation sites is 1. The van der Waals surface area contributed by atoms with Crippen LogP contribution in [0.25, 0.3) is 44.4 Å². The quantitative estimate of drug-likeness (QED) is 0.230. The zero-order chi connectivity index (χ0) is 23.9. The van der Waals surface area contributed by atoms with Crippen LogP contribution in [0.5, 0.6) is 0 Å². The second-order valence-corrected chi connectivity index (χ2v) is 10.1. The zero-order valence-corrected chi connectivity index (χ0v) is 20.1. The summed E-state index contributed by atoms with van der Waals surface area (Å²) in [4.78, 5) is 5.27. The molecule has 0 fully saturated rings. The summed E-state index contributed by atoms with van der Waals surface area (Å²) in [6.45, 7) is 0. The first kappa shape index (κ1) is 20.0. The van der Waals surface area contributed by atoms with Crippen molar-refractivity contribution in [1.82, 2.24) is 4.98 Å². The number of rotatable bonds is 1. The summed E-state index contributed by atoms with van der Waals surface area (Å²) in [5, 5.41) is 1.94. The molecule has 6 aromatic rings. The maximum absolute atomic E-state index is 6.72. The monoisotopic (exact) mass is 477 g/mol. The SMILES string of the molecule is Clc1ccc2c(c1)C1(c3ccccc3-2)c2ccccc2-c2c(-c3ccccc3)nc3ccccc3c21. The first-order valence-electron chi connectivity index (χ1n) is 12.3. The van der Waals surface area contributed by atoms with E-state index in [9.17, 15) is 0 Å². The van der Waals surface area contributed by atoms with E-state index in [4.69, 9.17) is 16.6 Å². The van der Waals surface area contributed by atoms with Crippen LogP contribution in [-0.2, 0) is 5.41 Å². The van der Waals surface area contributed by atoms with Crippen molar-refractivity contribution in [3.05, 3.63) is 149 Å². The molecule has 1 spiro atoms. The van der Waals surface area contributed by atoms with E-state index in [0.29, 0.717) is 0 Å². The van der Waals surface area contributed by atoms with Crippen LogP contribution in [0.15, 0.2) is 121 Å². The van der Waals surface area contributed by atoms with Gasteiger partial charge >= 0.3 is 0 Å². The fourth-order valence-electron chi connectivity index (χ4n) is 6.64. The minimum atomic E-state index is -0.463. The summed E-state index contributed by atoms with van der Waals surface area (Å²) in [5.74, 6) is 0. The van der Waals surface area contributed by atoms with Gasteiger partial charge in [-0.05, 0) is 57.1 Å². The zero-order valence-electron chi connectivity index (χ0n) is 19.4. The number of hydrogen-bond donors (Lipinski definition) is 0. The van der Waals surface area contributed by atoms with Gasteiger partial charge in [0, 0.05) is 21.5 Å². The summed E-state index contributed by atoms with van der Waals surface area (Å²) in [5.41, 5.74) is 12.8. The minimum absolute atomic E-state index is 0.463. The van der Waals surface area contributed by atoms with Crippen LogP contribution in [0.3, 0.4) is 0 Å². The van der Waals surface area contributed by atoms with Crippen LogP contribution in [0, 0.1) is 0 Å². The van der Waals surface area contributed by atoms with Crippen LogP contribution in [0.1, 0.15) is 22.3 Å². The van der Waals surface area contributed by atoms with Gasteiger partial charge in [-0.15, -0.1) is 0 Å². The topological polar surface area (TPSA) is 12.9 Å². The molecule has 168 valence electrons. The van der Waals surface area contributed by atoms with Crippen molar-refractivity contribution in [2.24, 2.45) is 0 Å². The first-order chi connectivity index (χ1) is 17.8. The van der Waals surface area contributed by atoms with Crippen LogP contribution in [0.4, 0.5) is 0 Å². The molecule has 0 N–H and O–H groups in total. The summed E-state index contributed by atoms with van der Waals surface area (Å²) in [6.07, 6.45) is 0. The molecule has 36 heavy (non-hydrogen) atoms. The molecule has 2 aliphatic carbocycles. The smallest absolute Gasteiger partial charge is 0.0791 e. The van der Waals surface area contributed by atoms with Crippen LogP contribution in [0.2, 0.25) is 5.02 Å². The molecule has 0 saturated carbocycles. The van der Waals surface area contributed by atoms with E-state index in [1.54, 1.807) is 0 Å². The molecule has 5 aromatic carbocycles. The van der Waals surface area contributed by atoms with Crippen molar-refractivity contribution < 1.29 is 0 Å². The van der Waals surface area contributed by atoms with E-state index in [2.05, 4.69) is 115 Å². The lowest BCUT2D eigenvalue weighted by Crippen LogP contribution is -2.26. The average molecular weight is 478 g/mol. The van der Waals surface area contributed by atoms with E-state index < -0.39 is 5.41 Å². The molecule has 0 amide bonds. The van der Waals surface area contributed by atoms with E-state index in [1.165, 1.54) is 49.9 Å². The maximum Gasteiger partial charge on any atom is 0.0791 e. The van der Waals surface area contributed by atoms with Gasteiger partial charge in [0.2, 0.25) is 0 Å². The van der Waals surface area contributed by atoms with Crippen LogP contribution < -0.4 is 0 Å². The Labute approximate surface area is 214 Å². The van der Waals surface area contributed by atoms with Gasteiger partial charge in [-0.25, -0.2) is 4.98 Å². The van der Waals surface area contributed by atoms with Gasteiger partial charge in [-0.2, -0.15) is 0 Å². The summed E-state index contributed by atoms with van der Waals surface area (Å²) in [7, 11) is 0. The molecule has 1 atom stereocenters. The summed E-state index contributed by atoms with van der Waals surface area (Å²) >= 11 is 6.72. The standard InChI is InChI=1S/C34H20ClN/c35-22-18-19-24-23-12-4-7-15-27(23)34(29(24)20-22)28-16-8-5-13-25(28)31-32(34)26-14-6-9-17-30(26)36-33(31)21-10-2-1-3-11-21/h1-20H. The van der Waals surface area contributed by atoms with Crippen molar-refractivity contribution in [1.29, 1.82) is 0 Å². The van der Waals surface area contributed by atoms with E-state index in [1.807, 2.05) is 6.07 Å². The number of nitrogens with zero attached hydrogens (tertiary/aromatic N) is 1. The molecule has 2 heteroatoms. The van der Waals surface area contributed by atoms with Gasteiger partial charge in [0.15, 0.2) is 0 Å². The molecule has 1 nitrogen and oxygen atoms in total. The van der Waals surface area contributed by atoms with E-state index >= 15 is 0 Å². The summed E-state index contributed by atoms with van der Waals surface area (Å²) in [6, 6.07) is 43.2. The molecule has 0 saturated heterocycles. The molecular formula is C34H20ClN. The third-order valence-corrected chi connectivity index (χ3v) is 8.16. The lowest BCUT2D eigenvalue weighted by molar-refractivity contribution is 0.801. The third kappa shape index (κ3) is 2.39. The number of pyridine rings is 1. The average Bonchev–Trinajstić information content (AvgIpc) is 3.40. The van der Waals surface area contributed by atoms with E-state index in [0.717, 1.165) is 21.8 Å². The Balaban J connectivity index is 1.66. The highest BCUT2D eigenvalue weighted by Gasteiger charge is 2.53. The highest BCUT2D eigenvalue weighted by Crippen LogP contribution is 2.65. The van der Waals surface area contributed by atoms with Crippen molar-refractivity contribution >= 4 is 22.5 Å². The lowest BCUT2D eigenvalue weighted by atomic mass is 9.69. The third-order valence-electron chi connectivity index (χ3n) is 7.92. The number of hydrogen-bond acceptors (Lipinski definition) is 1. The number of benzene rings is 5. The largest absolute Gasteiger partial charge is 0.247 e. The van der Waals surface area contributed by atoms with Crippen molar-refractivity contribution in [3.8, 4) is 33.5 Å². The normalized spacial score (nSPS) is 16.6. The Morgan fingerprint density at radius 2 is 1.19 bits per heavy atom. The van der Waals surface area contributed by atoms with Crippen molar-refractivity contribution in [3.63, 3.8) is 0 Å².